The second kappa shape index (κ2) is 15.8. The molecule has 0 amide bonds. The Morgan fingerprint density at radius 2 is 0.966 bits per heavy atom. The van der Waals surface area contributed by atoms with Crippen LogP contribution < -0.4 is 0 Å². The molecule has 0 aliphatic heterocycles. The topological polar surface area (TPSA) is 101 Å². The molecule has 168 valence electrons. The van der Waals surface area contributed by atoms with Crippen LogP contribution in [0.15, 0.2) is 42.5 Å². The van der Waals surface area contributed by atoms with Gasteiger partial charge in [-0.25, -0.2) is 0 Å². The number of aliphatic hydroxyl groups excluding tert-OH is 3. The van der Waals surface area contributed by atoms with Crippen LogP contribution in [0.5, 0.6) is 11.5 Å². The molecule has 0 heterocycles. The van der Waals surface area contributed by atoms with Crippen LogP contribution in [-0.2, 0) is 10.8 Å². The Bertz CT molecular complexity index is 616. The number of rotatable bonds is 0. The molecular formula is C24H42O5. The van der Waals surface area contributed by atoms with Crippen LogP contribution in [0, 0.1) is 6.92 Å². The predicted molar refractivity (Wildman–Crippen MR) is 123 cm³/mol. The Kier molecular flexibility index (Phi) is 17.2. The minimum atomic E-state index is -0.0371. The summed E-state index contributed by atoms with van der Waals surface area (Å²) in [5.41, 5.74) is 3.43. The van der Waals surface area contributed by atoms with E-state index in [1.165, 1.54) is 5.56 Å². The van der Waals surface area contributed by atoms with E-state index in [0.29, 0.717) is 11.0 Å². The van der Waals surface area contributed by atoms with E-state index < -0.39 is 0 Å². The van der Waals surface area contributed by atoms with Crippen molar-refractivity contribution in [2.45, 2.75) is 59.3 Å². The van der Waals surface area contributed by atoms with Crippen LogP contribution >= 0.6 is 0 Å². The highest BCUT2D eigenvalue weighted by Crippen LogP contribution is 2.34. The van der Waals surface area contributed by atoms with E-state index in [9.17, 15) is 10.2 Å². The minimum absolute atomic E-state index is 0.00403. The van der Waals surface area contributed by atoms with E-state index in [4.69, 9.17) is 15.3 Å². The molecular weight excluding hydrogens is 368 g/mol. The van der Waals surface area contributed by atoms with Crippen molar-refractivity contribution in [1.29, 1.82) is 0 Å². The number of aliphatic hydroxyl groups is 3. The van der Waals surface area contributed by atoms with Gasteiger partial charge in [-0.1, -0.05) is 77.9 Å². The van der Waals surface area contributed by atoms with Crippen molar-refractivity contribution in [3.05, 3.63) is 59.2 Å². The second-order valence-corrected chi connectivity index (χ2v) is 8.03. The van der Waals surface area contributed by atoms with Crippen LogP contribution in [0.4, 0.5) is 0 Å². The molecule has 0 aliphatic rings. The van der Waals surface area contributed by atoms with Gasteiger partial charge in [-0.15, -0.1) is 0 Å². The lowest BCUT2D eigenvalue weighted by atomic mass is 9.86. The van der Waals surface area contributed by atoms with Gasteiger partial charge in [-0.3, -0.25) is 0 Å². The highest BCUT2D eigenvalue weighted by molar-refractivity contribution is 5.48. The summed E-state index contributed by atoms with van der Waals surface area (Å²) in [7, 11) is 3.00. The SMILES string of the molecule is CC(C)(C)c1ccccc1.CO.CO.CO.Cc1cc(C(C)(C)C)cc(O)c1O. The Morgan fingerprint density at radius 1 is 0.586 bits per heavy atom. The number of phenolic OH excluding ortho intramolecular Hbond substituents is 2. The molecule has 2 aromatic carbocycles. The van der Waals surface area contributed by atoms with Gasteiger partial charge in [0.05, 0.1) is 0 Å². The third kappa shape index (κ3) is 12.9. The van der Waals surface area contributed by atoms with Gasteiger partial charge < -0.3 is 25.5 Å². The zero-order valence-corrected chi connectivity index (χ0v) is 19.8. The number of aryl methyl sites for hydroxylation is 1. The number of hydrogen-bond acceptors (Lipinski definition) is 5. The normalized spacial score (nSPS) is 9.83. The van der Waals surface area contributed by atoms with E-state index in [1.54, 1.807) is 13.0 Å². The molecule has 5 nitrogen and oxygen atoms in total. The lowest BCUT2D eigenvalue weighted by Crippen LogP contribution is -2.10. The van der Waals surface area contributed by atoms with Crippen molar-refractivity contribution >= 4 is 0 Å². The van der Waals surface area contributed by atoms with E-state index in [0.717, 1.165) is 26.9 Å². The van der Waals surface area contributed by atoms with Crippen molar-refractivity contribution in [3.8, 4) is 11.5 Å². The number of phenols is 2. The summed E-state index contributed by atoms with van der Waals surface area (Å²) < 4.78 is 0. The van der Waals surface area contributed by atoms with Gasteiger partial charge in [0.25, 0.3) is 0 Å². The van der Waals surface area contributed by atoms with Crippen molar-refractivity contribution in [2.24, 2.45) is 0 Å². The van der Waals surface area contributed by atoms with Crippen LogP contribution in [0.1, 0.15) is 58.2 Å². The molecule has 0 aliphatic carbocycles. The standard InChI is InChI=1S/C11H16O2.C10H14.3CH4O/c1-7-5-8(11(2,3)4)6-9(12)10(7)13;1-10(2,3)9-7-5-4-6-8-9;3*1-2/h5-6,12-13H,1-4H3;4-8H,1-3H3;3*2H,1H3. The molecule has 0 spiro atoms. The molecule has 0 atom stereocenters. The van der Waals surface area contributed by atoms with Crippen LogP contribution in [0.2, 0.25) is 0 Å². The van der Waals surface area contributed by atoms with E-state index >= 15 is 0 Å². The van der Waals surface area contributed by atoms with Gasteiger partial charge in [-0.2, -0.15) is 0 Å². The minimum Gasteiger partial charge on any atom is -0.504 e. The molecule has 0 radical (unpaired) electrons. The van der Waals surface area contributed by atoms with E-state index in [1.807, 2.05) is 6.07 Å². The van der Waals surface area contributed by atoms with E-state index in [2.05, 4.69) is 71.9 Å². The number of hydrogen-bond donors (Lipinski definition) is 5. The molecule has 0 bridgehead atoms. The summed E-state index contributed by atoms with van der Waals surface area (Å²) in [6, 6.07) is 14.1. The third-order valence-electron chi connectivity index (χ3n) is 3.79. The molecule has 2 rings (SSSR count). The molecule has 29 heavy (non-hydrogen) atoms. The highest BCUT2D eigenvalue weighted by atomic mass is 16.3. The molecule has 0 saturated heterocycles. The summed E-state index contributed by atoms with van der Waals surface area (Å²) >= 11 is 0. The lowest BCUT2D eigenvalue weighted by Gasteiger charge is -2.20. The maximum atomic E-state index is 9.39. The Labute approximate surface area is 177 Å². The largest absolute Gasteiger partial charge is 0.504 e. The molecule has 0 aromatic heterocycles. The maximum Gasteiger partial charge on any atom is 0.160 e. The van der Waals surface area contributed by atoms with Crippen LogP contribution in [0.25, 0.3) is 0 Å². The third-order valence-corrected chi connectivity index (χ3v) is 3.79. The van der Waals surface area contributed by atoms with Crippen molar-refractivity contribution < 1.29 is 25.5 Å². The first-order chi connectivity index (χ1) is 13.4. The van der Waals surface area contributed by atoms with Gasteiger partial charge in [0.2, 0.25) is 0 Å². The molecule has 2 aromatic rings. The molecule has 0 fully saturated rings. The number of benzene rings is 2. The lowest BCUT2D eigenvalue weighted by molar-refractivity contribution is 0.398. The Balaban J connectivity index is -0.000000377. The first-order valence-corrected chi connectivity index (χ1v) is 9.35. The molecule has 0 unspecified atom stereocenters. The number of aromatic hydroxyl groups is 2. The first kappa shape index (κ1) is 31.6. The summed E-state index contributed by atoms with van der Waals surface area (Å²) in [6.07, 6.45) is 0. The summed E-state index contributed by atoms with van der Waals surface area (Å²) in [5.74, 6) is -0.0575. The van der Waals surface area contributed by atoms with Gasteiger partial charge in [-0.05, 0) is 40.5 Å². The quantitative estimate of drug-likeness (QED) is 0.411. The highest BCUT2D eigenvalue weighted by Gasteiger charge is 2.16. The van der Waals surface area contributed by atoms with Crippen molar-refractivity contribution in [2.75, 3.05) is 21.3 Å². The van der Waals surface area contributed by atoms with Crippen molar-refractivity contribution in [3.63, 3.8) is 0 Å². The molecule has 5 heteroatoms. The van der Waals surface area contributed by atoms with Gasteiger partial charge in [0.1, 0.15) is 0 Å². The van der Waals surface area contributed by atoms with E-state index in [-0.39, 0.29) is 16.9 Å². The van der Waals surface area contributed by atoms with Gasteiger partial charge in [0, 0.05) is 21.3 Å². The average molecular weight is 411 g/mol. The fourth-order valence-electron chi connectivity index (χ4n) is 2.13. The molecule has 5 N–H and O–H groups in total. The maximum absolute atomic E-state index is 9.39. The zero-order chi connectivity index (χ0) is 23.8. The first-order valence-electron chi connectivity index (χ1n) is 9.35. The monoisotopic (exact) mass is 410 g/mol. The molecule has 0 saturated carbocycles. The van der Waals surface area contributed by atoms with Crippen molar-refractivity contribution in [1.82, 2.24) is 0 Å². The smallest absolute Gasteiger partial charge is 0.160 e. The van der Waals surface area contributed by atoms with Gasteiger partial charge >= 0.3 is 0 Å². The van der Waals surface area contributed by atoms with Crippen LogP contribution in [0.3, 0.4) is 0 Å². The van der Waals surface area contributed by atoms with Crippen LogP contribution in [-0.4, -0.2) is 46.9 Å². The fraction of sp³-hybridized carbons (Fsp3) is 0.500. The fourth-order valence-corrected chi connectivity index (χ4v) is 2.13. The predicted octanol–water partition coefficient (Wildman–Crippen LogP) is 4.51. The summed E-state index contributed by atoms with van der Waals surface area (Å²) in [6.45, 7) is 14.7. The average Bonchev–Trinajstić information content (AvgIpc) is 2.70. The summed E-state index contributed by atoms with van der Waals surface area (Å²) in [5, 5.41) is 39.7. The zero-order valence-electron chi connectivity index (χ0n) is 19.8. The summed E-state index contributed by atoms with van der Waals surface area (Å²) in [4.78, 5) is 0. The Morgan fingerprint density at radius 3 is 1.24 bits per heavy atom. The van der Waals surface area contributed by atoms with Gasteiger partial charge in [0.15, 0.2) is 11.5 Å². The Hall–Kier alpha value is -2.08. The second-order valence-electron chi connectivity index (χ2n) is 8.03.